The number of hydrogen-bond donors (Lipinski definition) is 1. The van der Waals surface area contributed by atoms with Crippen molar-refractivity contribution in [3.8, 4) is 0 Å². The summed E-state index contributed by atoms with van der Waals surface area (Å²) in [6, 6.07) is 6.97. The quantitative estimate of drug-likeness (QED) is 0.285. The van der Waals surface area contributed by atoms with Crippen molar-refractivity contribution in [3.05, 3.63) is 29.8 Å². The zero-order valence-electron chi connectivity index (χ0n) is 23.0. The summed E-state index contributed by atoms with van der Waals surface area (Å²) >= 11 is 6.99. The van der Waals surface area contributed by atoms with Crippen LogP contribution >= 0.6 is 36.2 Å². The molecule has 0 radical (unpaired) electrons. The lowest BCUT2D eigenvalue weighted by Gasteiger charge is -2.11. The molecule has 220 valence electrons. The smallest absolute Gasteiger partial charge is 0.299 e. The molecular weight excluding hydrogens is 585 g/mol. The molecule has 0 N–H and O–H groups in total. The minimum Gasteiger partial charge on any atom is -0.299 e. The first-order chi connectivity index (χ1) is 18.3. The Morgan fingerprint density at radius 1 is 0.872 bits per heavy atom. The lowest BCUT2D eigenvalue weighted by atomic mass is 10.0. The summed E-state index contributed by atoms with van der Waals surface area (Å²) in [5.41, 5.74) is 0.992. The van der Waals surface area contributed by atoms with E-state index in [1.165, 1.54) is 11.8 Å². The van der Waals surface area contributed by atoms with Gasteiger partial charge in [-0.3, -0.25) is 14.4 Å². The number of ketones is 3. The van der Waals surface area contributed by atoms with Gasteiger partial charge in [-0.2, -0.15) is 55.3 Å². The van der Waals surface area contributed by atoms with Crippen LogP contribution in [0.2, 0.25) is 0 Å². The first kappa shape index (κ1) is 41.5. The largest absolute Gasteiger partial charge is 0.373 e. The fraction of sp³-hybridized carbons (Fsp3) is 0.577. The number of carbonyl (C=O) groups is 3. The van der Waals surface area contributed by atoms with Gasteiger partial charge in [-0.1, -0.05) is 46.8 Å². The van der Waals surface area contributed by atoms with Crippen LogP contribution in [0.3, 0.4) is 0 Å². The summed E-state index contributed by atoms with van der Waals surface area (Å²) in [4.78, 5) is 67.0. The molecule has 0 heterocycles. The van der Waals surface area contributed by atoms with Gasteiger partial charge in [-0.25, -0.2) is 8.42 Å². The summed E-state index contributed by atoms with van der Waals surface area (Å²) in [5.74, 6) is 2.48. The molecule has 13 heteroatoms. The van der Waals surface area contributed by atoms with Gasteiger partial charge in [-0.05, 0) is 35.6 Å². The van der Waals surface area contributed by atoms with Crippen molar-refractivity contribution in [3.63, 3.8) is 0 Å². The maximum atomic E-state index is 12.3. The number of hydrogen-bond acceptors (Lipinski definition) is 12. The monoisotopic (exact) mass is 622 g/mol. The molecule has 0 fully saturated rings. The summed E-state index contributed by atoms with van der Waals surface area (Å²) in [7, 11) is -3.39. The third kappa shape index (κ3) is 22.5. The minimum atomic E-state index is -3.39. The Labute approximate surface area is 245 Å². The Morgan fingerprint density at radius 3 is 1.74 bits per heavy atom. The fourth-order valence-corrected chi connectivity index (χ4v) is 5.85. The Bertz CT molecular complexity index is 1020. The van der Waals surface area contributed by atoms with Gasteiger partial charge < -0.3 is 0 Å². The van der Waals surface area contributed by atoms with E-state index in [-0.39, 0.29) is 47.1 Å². The zero-order chi connectivity index (χ0) is 30.9. The normalized spacial score (nSPS) is 11.3. The van der Waals surface area contributed by atoms with Crippen molar-refractivity contribution in [2.24, 2.45) is 11.8 Å². The number of aryl methyl sites for hydroxylation is 1. The Hall–Kier alpha value is -2.01. The molecule has 1 rings (SSSR count). The summed E-state index contributed by atoms with van der Waals surface area (Å²) < 4.78 is 24.7. The second-order valence-electron chi connectivity index (χ2n) is 7.86. The number of benzene rings is 1. The second kappa shape index (κ2) is 26.2. The molecule has 0 aliphatic rings. The second-order valence-corrected chi connectivity index (χ2v) is 12.8. The van der Waals surface area contributed by atoms with Crippen LogP contribution in [0.5, 0.6) is 0 Å². The average Bonchev–Trinajstić information content (AvgIpc) is 2.91. The van der Waals surface area contributed by atoms with Crippen LogP contribution in [0, 0.1) is 11.8 Å². The van der Waals surface area contributed by atoms with E-state index < -0.39 is 15.8 Å². The van der Waals surface area contributed by atoms with Gasteiger partial charge in [0.05, 0.1) is 22.2 Å². The van der Waals surface area contributed by atoms with Crippen molar-refractivity contribution in [1.82, 2.24) is 0 Å². The first-order valence-electron chi connectivity index (χ1n) is 12.0. The lowest BCUT2D eigenvalue weighted by Crippen LogP contribution is -2.23. The van der Waals surface area contributed by atoms with Gasteiger partial charge in [0.1, 0.15) is 17.3 Å². The number of thiol groups is 1. The molecule has 9 nitrogen and oxygen atoms in total. The van der Waals surface area contributed by atoms with Gasteiger partial charge in [-0.15, -0.1) is 0 Å². The maximum Gasteiger partial charge on any atom is 0.373 e. The van der Waals surface area contributed by atoms with Crippen LogP contribution < -0.4 is 0 Å². The molecule has 0 aliphatic heterocycles. The third-order valence-corrected chi connectivity index (χ3v) is 8.90. The number of sulfone groups is 1. The topological polar surface area (TPSA) is 154 Å². The average molecular weight is 623 g/mol. The Balaban J connectivity index is -0.000000585. The SMILES string of the molecule is CCSCC(=O)[C@H](C)CC(=O)CS.CCSCC(=O)[C@H](C)CS(=O)(=O)c1cccc(CC)c1.O=C=O.O=C=O. The first-order valence-corrected chi connectivity index (χ1v) is 16.6. The molecule has 0 amide bonds. The highest BCUT2D eigenvalue weighted by atomic mass is 32.2. The molecule has 2 atom stereocenters. The predicted molar refractivity (Wildman–Crippen MR) is 156 cm³/mol. The molecule has 0 saturated carbocycles. The van der Waals surface area contributed by atoms with E-state index in [2.05, 4.69) is 12.6 Å². The number of thioether (sulfide) groups is 2. The van der Waals surface area contributed by atoms with Crippen molar-refractivity contribution < 1.29 is 42.0 Å². The van der Waals surface area contributed by atoms with E-state index in [4.69, 9.17) is 19.2 Å². The minimum absolute atomic E-state index is 0.00655. The van der Waals surface area contributed by atoms with Crippen LogP contribution in [0.1, 0.15) is 46.6 Å². The molecule has 0 aliphatic carbocycles. The molecule has 0 saturated heterocycles. The highest BCUT2D eigenvalue weighted by Crippen LogP contribution is 2.18. The van der Waals surface area contributed by atoms with Crippen molar-refractivity contribution >= 4 is 75.6 Å². The molecule has 1 aromatic rings. The van der Waals surface area contributed by atoms with Crippen molar-refractivity contribution in [2.75, 3.05) is 34.5 Å². The predicted octanol–water partition coefficient (Wildman–Crippen LogP) is 3.65. The van der Waals surface area contributed by atoms with E-state index in [1.807, 2.05) is 26.8 Å². The lowest BCUT2D eigenvalue weighted by molar-refractivity contribution is -0.193. The summed E-state index contributed by atoms with van der Waals surface area (Å²) in [6.45, 7) is 9.48. The van der Waals surface area contributed by atoms with Gasteiger partial charge in [0.25, 0.3) is 0 Å². The van der Waals surface area contributed by atoms with Gasteiger partial charge in [0.2, 0.25) is 0 Å². The van der Waals surface area contributed by atoms with Crippen LogP contribution in [-0.4, -0.2) is 72.6 Å². The maximum absolute atomic E-state index is 12.3. The van der Waals surface area contributed by atoms with E-state index in [0.717, 1.165) is 23.5 Å². The van der Waals surface area contributed by atoms with Crippen LogP contribution in [0.15, 0.2) is 29.2 Å². The standard InChI is InChI=1S/C15H22O3S2.C9H16O2S2.2CO2/c1-4-13-7-6-8-14(9-13)20(17,18)11-12(3)15(16)10-19-5-2;1-3-13-6-9(11)7(2)4-8(10)5-12;2*2-1-3/h6-9,12H,4-5,10-11H2,1-3H3;7,12H,3-6H2,1-2H3;;/t12-;7-;;/m11../s1. The van der Waals surface area contributed by atoms with Crippen LogP contribution in [-0.2, 0) is 49.8 Å². The third-order valence-electron chi connectivity index (χ3n) is 4.84. The van der Waals surface area contributed by atoms with Crippen molar-refractivity contribution in [1.29, 1.82) is 0 Å². The molecule has 0 aromatic heterocycles. The van der Waals surface area contributed by atoms with Gasteiger partial charge in [0, 0.05) is 24.0 Å². The number of Topliss-reactive ketones (excluding diaryl/α,β-unsaturated/α-hetero) is 3. The van der Waals surface area contributed by atoms with Crippen LogP contribution in [0.25, 0.3) is 0 Å². The molecule has 1 aromatic carbocycles. The molecule has 0 spiro atoms. The van der Waals surface area contributed by atoms with Crippen LogP contribution in [0.4, 0.5) is 0 Å². The number of carbonyl (C=O) groups excluding carboxylic acids is 7. The highest BCUT2D eigenvalue weighted by Gasteiger charge is 2.23. The van der Waals surface area contributed by atoms with E-state index in [0.29, 0.717) is 22.8 Å². The van der Waals surface area contributed by atoms with Crippen molar-refractivity contribution in [2.45, 2.75) is 52.4 Å². The highest BCUT2D eigenvalue weighted by molar-refractivity contribution is 8.00. The zero-order valence-corrected chi connectivity index (χ0v) is 26.3. The number of rotatable bonds is 15. The molecule has 39 heavy (non-hydrogen) atoms. The summed E-state index contributed by atoms with van der Waals surface area (Å²) in [5, 5.41) is 0. The van der Waals surface area contributed by atoms with E-state index in [1.54, 1.807) is 43.8 Å². The van der Waals surface area contributed by atoms with Gasteiger partial charge >= 0.3 is 12.3 Å². The van der Waals surface area contributed by atoms with Gasteiger partial charge in [0.15, 0.2) is 9.84 Å². The van der Waals surface area contributed by atoms with E-state index in [9.17, 15) is 22.8 Å². The van der Waals surface area contributed by atoms with E-state index >= 15 is 0 Å². The molecule has 0 unspecified atom stereocenters. The Kier molecular flexibility index (Phi) is 27.9. The molecule has 0 bridgehead atoms. The Morgan fingerprint density at radius 2 is 1.33 bits per heavy atom. The fourth-order valence-electron chi connectivity index (χ4n) is 2.69. The molecular formula is C26H38O9S4. The summed E-state index contributed by atoms with van der Waals surface area (Å²) in [6.07, 6.45) is 1.64.